The van der Waals surface area contributed by atoms with Gasteiger partial charge in [0.25, 0.3) is 5.91 Å². The lowest BCUT2D eigenvalue weighted by Crippen LogP contribution is -2.36. The van der Waals surface area contributed by atoms with Crippen molar-refractivity contribution in [2.24, 2.45) is 0 Å². The molecule has 1 aromatic carbocycles. The van der Waals surface area contributed by atoms with Crippen molar-refractivity contribution in [3.63, 3.8) is 0 Å². The molecule has 2 aromatic rings. The largest absolute Gasteiger partial charge is 0.378 e. The van der Waals surface area contributed by atoms with Crippen molar-refractivity contribution >= 4 is 33.8 Å². The number of morpholine rings is 1. The Morgan fingerprint density at radius 3 is 2.57 bits per heavy atom. The van der Waals surface area contributed by atoms with E-state index in [0.717, 1.165) is 43.3 Å². The second-order valence-electron chi connectivity index (χ2n) is 4.55. The Bertz CT molecular complexity index is 622. The van der Waals surface area contributed by atoms with Gasteiger partial charge in [-0.1, -0.05) is 11.3 Å². The molecule has 1 aliphatic heterocycles. The third-order valence-corrected chi connectivity index (χ3v) is 3.89. The Hall–Kier alpha value is -2.19. The molecule has 0 spiro atoms. The number of ether oxygens (including phenoxy) is 1. The molecule has 8 heteroatoms. The average Bonchev–Trinajstić information content (AvgIpc) is 2.96. The van der Waals surface area contributed by atoms with Crippen LogP contribution in [-0.2, 0) is 4.74 Å². The van der Waals surface area contributed by atoms with Crippen LogP contribution in [0.15, 0.2) is 24.3 Å². The van der Waals surface area contributed by atoms with E-state index in [9.17, 15) is 4.79 Å². The zero-order valence-corrected chi connectivity index (χ0v) is 12.1. The van der Waals surface area contributed by atoms with Crippen molar-refractivity contribution in [3.05, 3.63) is 29.3 Å². The minimum atomic E-state index is -0.302. The first kappa shape index (κ1) is 13.8. The van der Waals surface area contributed by atoms with Crippen LogP contribution in [0.25, 0.3) is 0 Å². The van der Waals surface area contributed by atoms with Gasteiger partial charge >= 0.3 is 0 Å². The molecule has 0 atom stereocenters. The first-order valence-corrected chi connectivity index (χ1v) is 7.37. The number of carbonyl (C=O) groups excluding carboxylic acids is 1. The summed E-state index contributed by atoms with van der Waals surface area (Å²) in [5.41, 5.74) is 7.30. The quantitative estimate of drug-likeness (QED) is 0.885. The summed E-state index contributed by atoms with van der Waals surface area (Å²) in [6.45, 7) is 3.26. The van der Waals surface area contributed by atoms with Crippen molar-refractivity contribution in [3.8, 4) is 0 Å². The minimum absolute atomic E-state index is 0.254. The van der Waals surface area contributed by atoms with E-state index in [1.807, 2.05) is 24.3 Å². The topological polar surface area (TPSA) is 93.4 Å². The van der Waals surface area contributed by atoms with Crippen LogP contribution in [0.1, 0.15) is 9.80 Å². The molecule has 0 radical (unpaired) electrons. The zero-order valence-electron chi connectivity index (χ0n) is 11.3. The number of hydrogen-bond acceptors (Lipinski definition) is 7. The van der Waals surface area contributed by atoms with E-state index >= 15 is 0 Å². The van der Waals surface area contributed by atoms with E-state index < -0.39 is 0 Å². The lowest BCUT2D eigenvalue weighted by molar-refractivity contribution is 0.102. The molecular formula is C13H15N5O2S. The summed E-state index contributed by atoms with van der Waals surface area (Å²) < 4.78 is 5.33. The van der Waals surface area contributed by atoms with Crippen molar-refractivity contribution in [1.29, 1.82) is 0 Å². The van der Waals surface area contributed by atoms with Gasteiger partial charge in [-0.15, -0.1) is 10.2 Å². The minimum Gasteiger partial charge on any atom is -0.378 e. The maximum Gasteiger partial charge on any atom is 0.286 e. The van der Waals surface area contributed by atoms with Gasteiger partial charge in [-0.3, -0.25) is 4.79 Å². The summed E-state index contributed by atoms with van der Waals surface area (Å²) in [4.78, 5) is 14.2. The van der Waals surface area contributed by atoms with Crippen molar-refractivity contribution < 1.29 is 9.53 Å². The van der Waals surface area contributed by atoms with Gasteiger partial charge in [-0.2, -0.15) is 0 Å². The molecule has 1 fully saturated rings. The number of carbonyl (C=O) groups is 1. The highest BCUT2D eigenvalue weighted by Crippen LogP contribution is 2.20. The number of anilines is 3. The van der Waals surface area contributed by atoms with Gasteiger partial charge < -0.3 is 20.7 Å². The summed E-state index contributed by atoms with van der Waals surface area (Å²) in [5.74, 6) is -0.302. The molecule has 110 valence electrons. The number of nitrogens with zero attached hydrogens (tertiary/aromatic N) is 3. The summed E-state index contributed by atoms with van der Waals surface area (Å²) in [7, 11) is 0. The maximum absolute atomic E-state index is 11.9. The van der Waals surface area contributed by atoms with Crippen LogP contribution >= 0.6 is 11.3 Å². The molecule has 1 saturated heterocycles. The monoisotopic (exact) mass is 305 g/mol. The number of nitrogens with one attached hydrogen (secondary N) is 1. The van der Waals surface area contributed by atoms with E-state index in [4.69, 9.17) is 10.5 Å². The summed E-state index contributed by atoms with van der Waals surface area (Å²) >= 11 is 1.06. The van der Waals surface area contributed by atoms with Gasteiger partial charge in [0.15, 0.2) is 0 Å². The highest BCUT2D eigenvalue weighted by Gasteiger charge is 2.13. The molecule has 1 amide bonds. The summed E-state index contributed by atoms with van der Waals surface area (Å²) in [5, 5.41) is 10.6. The molecule has 21 heavy (non-hydrogen) atoms. The Kier molecular flexibility index (Phi) is 3.98. The summed E-state index contributed by atoms with van der Waals surface area (Å²) in [6.07, 6.45) is 0. The van der Waals surface area contributed by atoms with Gasteiger partial charge in [-0.25, -0.2) is 0 Å². The highest BCUT2D eigenvalue weighted by atomic mass is 32.1. The molecule has 1 aliphatic rings. The first-order valence-electron chi connectivity index (χ1n) is 6.55. The van der Waals surface area contributed by atoms with Crippen LogP contribution in [0.3, 0.4) is 0 Å². The smallest absolute Gasteiger partial charge is 0.286 e. The molecule has 2 heterocycles. The fraction of sp³-hybridized carbons (Fsp3) is 0.308. The van der Waals surface area contributed by atoms with Crippen LogP contribution in [0, 0.1) is 0 Å². The van der Waals surface area contributed by atoms with Gasteiger partial charge in [0.2, 0.25) is 10.1 Å². The Labute approximate surface area is 125 Å². The van der Waals surface area contributed by atoms with Crippen LogP contribution in [-0.4, -0.2) is 42.4 Å². The van der Waals surface area contributed by atoms with E-state index in [2.05, 4.69) is 20.4 Å². The van der Waals surface area contributed by atoms with E-state index in [1.54, 1.807) is 0 Å². The fourth-order valence-corrected chi connectivity index (χ4v) is 2.59. The molecule has 3 N–H and O–H groups in total. The maximum atomic E-state index is 11.9. The lowest BCUT2D eigenvalue weighted by atomic mass is 10.2. The Morgan fingerprint density at radius 2 is 1.95 bits per heavy atom. The predicted octanol–water partition coefficient (Wildman–Crippen LogP) is 1.21. The van der Waals surface area contributed by atoms with E-state index in [0.29, 0.717) is 5.69 Å². The zero-order chi connectivity index (χ0) is 14.7. The second-order valence-corrected chi connectivity index (χ2v) is 5.55. The normalized spacial score (nSPS) is 15.0. The van der Waals surface area contributed by atoms with Crippen LogP contribution in [0.2, 0.25) is 0 Å². The number of rotatable bonds is 3. The molecule has 0 unspecified atom stereocenters. The number of nitrogens with two attached hydrogens (primary N) is 1. The van der Waals surface area contributed by atoms with Crippen LogP contribution < -0.4 is 16.0 Å². The van der Waals surface area contributed by atoms with Crippen LogP contribution in [0.5, 0.6) is 0 Å². The number of amides is 1. The molecule has 0 bridgehead atoms. The molecule has 1 aromatic heterocycles. The van der Waals surface area contributed by atoms with Crippen molar-refractivity contribution in [2.75, 3.05) is 42.3 Å². The summed E-state index contributed by atoms with van der Waals surface area (Å²) in [6, 6.07) is 7.70. The molecular weight excluding hydrogens is 290 g/mol. The van der Waals surface area contributed by atoms with Crippen LogP contribution in [0.4, 0.5) is 16.5 Å². The molecule has 3 rings (SSSR count). The Balaban J connectivity index is 1.65. The number of hydrogen-bond donors (Lipinski definition) is 2. The van der Waals surface area contributed by atoms with Gasteiger partial charge in [0.05, 0.1) is 13.2 Å². The SMILES string of the molecule is Nc1nnc(C(=O)Nc2ccc(N3CCOCC3)cc2)s1. The molecule has 0 aliphatic carbocycles. The van der Waals surface area contributed by atoms with Crippen molar-refractivity contribution in [1.82, 2.24) is 10.2 Å². The van der Waals surface area contributed by atoms with E-state index in [-0.39, 0.29) is 16.0 Å². The second kappa shape index (κ2) is 6.06. The molecule has 7 nitrogen and oxygen atoms in total. The van der Waals surface area contributed by atoms with Gasteiger partial charge in [-0.05, 0) is 24.3 Å². The first-order chi connectivity index (χ1) is 10.2. The Morgan fingerprint density at radius 1 is 1.24 bits per heavy atom. The van der Waals surface area contributed by atoms with Crippen molar-refractivity contribution in [2.45, 2.75) is 0 Å². The standard InChI is InChI=1S/C13H15N5O2S/c14-13-17-16-12(21-13)11(19)15-9-1-3-10(4-2-9)18-5-7-20-8-6-18/h1-4H,5-8H2,(H2,14,17)(H,15,19). The van der Waals surface area contributed by atoms with Gasteiger partial charge in [0.1, 0.15) is 0 Å². The third-order valence-electron chi connectivity index (χ3n) is 3.14. The lowest BCUT2D eigenvalue weighted by Gasteiger charge is -2.28. The van der Waals surface area contributed by atoms with Gasteiger partial charge in [0, 0.05) is 24.5 Å². The average molecular weight is 305 g/mol. The highest BCUT2D eigenvalue weighted by molar-refractivity contribution is 7.16. The predicted molar refractivity (Wildman–Crippen MR) is 81.7 cm³/mol. The molecule has 0 saturated carbocycles. The van der Waals surface area contributed by atoms with E-state index in [1.165, 1.54) is 0 Å². The third kappa shape index (κ3) is 3.29. The number of aromatic nitrogens is 2. The number of nitrogen functional groups attached to an aromatic ring is 1. The number of benzene rings is 1. The fourth-order valence-electron chi connectivity index (χ4n) is 2.09.